The summed E-state index contributed by atoms with van der Waals surface area (Å²) in [6, 6.07) is 7.12. The van der Waals surface area contributed by atoms with Gasteiger partial charge in [0.05, 0.1) is 0 Å². The Labute approximate surface area is 274 Å². The van der Waals surface area contributed by atoms with Crippen LogP contribution < -0.4 is 0 Å². The number of carbonyl (C=O) groups is 2. The van der Waals surface area contributed by atoms with E-state index in [1.54, 1.807) is 31.2 Å². The molecular formula is C35H35F2N4O4Sn+. The van der Waals surface area contributed by atoms with Crippen LogP contribution in [0.4, 0.5) is 5.73 Å². The van der Waals surface area contributed by atoms with E-state index in [1.165, 1.54) is 0 Å². The maximum absolute atomic E-state index is 15.1. The fourth-order valence-electron chi connectivity index (χ4n) is 6.44. The number of aliphatic carboxylic acids is 2. The Hall–Kier alpha value is -4.32. The Morgan fingerprint density at radius 1 is 0.783 bits per heavy atom. The minimum atomic E-state index is -5.15. The quantitative estimate of drug-likeness (QED) is 0.218. The van der Waals surface area contributed by atoms with Crippen molar-refractivity contribution in [3.05, 3.63) is 88.5 Å². The molecule has 0 unspecified atom stereocenters. The topological polar surface area (TPSA) is 110 Å². The molecule has 46 heavy (non-hydrogen) atoms. The zero-order chi connectivity index (χ0) is 33.6. The molecule has 3 aromatic rings. The second-order valence-corrected chi connectivity index (χ2v) is 14.1. The molecule has 0 aromatic carbocycles. The molecule has 0 amide bonds. The molecule has 2 aliphatic rings. The van der Waals surface area contributed by atoms with E-state index in [0.717, 1.165) is 36.1 Å². The number of aryl methyl sites for hydroxylation is 4. The van der Waals surface area contributed by atoms with Crippen molar-refractivity contribution in [3.63, 3.8) is 0 Å². The van der Waals surface area contributed by atoms with E-state index in [4.69, 9.17) is 9.97 Å². The van der Waals surface area contributed by atoms with Gasteiger partial charge in [-0.05, 0) is 0 Å². The van der Waals surface area contributed by atoms with Crippen molar-refractivity contribution in [2.45, 2.75) is 53.4 Å². The first-order valence-corrected chi connectivity index (χ1v) is 18.2. The van der Waals surface area contributed by atoms with Gasteiger partial charge in [0, 0.05) is 0 Å². The number of aromatic nitrogens is 4. The van der Waals surface area contributed by atoms with E-state index in [-0.39, 0.29) is 25.7 Å². The van der Waals surface area contributed by atoms with Gasteiger partial charge in [0.15, 0.2) is 0 Å². The average Bonchev–Trinajstić information content (AvgIpc) is 3.61. The van der Waals surface area contributed by atoms with Crippen LogP contribution in [0.3, 0.4) is 0 Å². The molecule has 0 saturated carbocycles. The molecule has 8 nitrogen and oxygen atoms in total. The number of allylic oxidation sites excluding steroid dienone is 5. The van der Waals surface area contributed by atoms with Crippen molar-refractivity contribution in [2.75, 3.05) is 0 Å². The Morgan fingerprint density at radius 3 is 1.96 bits per heavy atom. The van der Waals surface area contributed by atoms with Crippen LogP contribution in [0.1, 0.15) is 78.1 Å². The second kappa shape index (κ2) is 12.8. The molecule has 5 rings (SSSR count). The van der Waals surface area contributed by atoms with E-state index in [0.29, 0.717) is 56.1 Å². The van der Waals surface area contributed by atoms with Crippen LogP contribution in [0, 0.1) is 13.8 Å². The van der Waals surface area contributed by atoms with Crippen LogP contribution >= 0.6 is 0 Å². The van der Waals surface area contributed by atoms with Gasteiger partial charge in [0.1, 0.15) is 0 Å². The summed E-state index contributed by atoms with van der Waals surface area (Å²) in [5.41, 5.74) is 10.2. The number of carboxylic acids is 2. The van der Waals surface area contributed by atoms with Crippen LogP contribution in [-0.4, -0.2) is 60.7 Å². The van der Waals surface area contributed by atoms with Crippen molar-refractivity contribution in [2.24, 2.45) is 7.05 Å². The van der Waals surface area contributed by atoms with Crippen molar-refractivity contribution in [1.82, 2.24) is 17.3 Å². The fraction of sp³-hybridized carbons (Fsp3) is 0.257. The molecule has 0 atom stereocenters. The third-order valence-corrected chi connectivity index (χ3v) is 11.3. The summed E-state index contributed by atoms with van der Waals surface area (Å²) in [6.45, 7) is 15.4. The molecule has 8 bridgehead atoms. The predicted octanol–water partition coefficient (Wildman–Crippen LogP) is 7.76. The minimum absolute atomic E-state index is 0.0845. The van der Waals surface area contributed by atoms with Crippen LogP contribution in [0.2, 0.25) is 0 Å². The molecule has 0 radical (unpaired) electrons. The molecule has 5 heterocycles. The van der Waals surface area contributed by atoms with Gasteiger partial charge in [-0.1, -0.05) is 0 Å². The van der Waals surface area contributed by atoms with Crippen molar-refractivity contribution in [1.29, 1.82) is 0 Å². The molecule has 2 aliphatic heterocycles. The van der Waals surface area contributed by atoms with Crippen LogP contribution in [-0.2, 0) is 23.1 Å². The standard InChI is InChI=1S/C35H36N4O4.2FH.Sn/c1-8-22-18(3)26-14-30-23(9-2)19(4)28(38-30)16-32-21(6)25(11-13-35(42)43)33(39(32)7)17-31-24(10-12-34(40)41)20(5)27(37-31)15-29(22)36-26;;;/h8-9,14-17H,1-2,10-13H2,3-7H3,(H3,36,37,38,40,41,42,43);2*1H;/q;;;+4/p-3. The van der Waals surface area contributed by atoms with Gasteiger partial charge in [0.2, 0.25) is 0 Å². The van der Waals surface area contributed by atoms with Crippen LogP contribution in [0.5, 0.6) is 0 Å². The molecule has 0 saturated heterocycles. The first kappa shape index (κ1) is 33.1. The molecule has 236 valence electrons. The van der Waals surface area contributed by atoms with E-state index in [1.807, 2.05) is 44.5 Å². The number of rotatable bonds is 9. The van der Waals surface area contributed by atoms with Crippen LogP contribution in [0.25, 0.3) is 50.4 Å². The zero-order valence-corrected chi connectivity index (χ0v) is 29.3. The molecule has 3 aromatic heterocycles. The summed E-state index contributed by atoms with van der Waals surface area (Å²) >= 11 is -5.15. The monoisotopic (exact) mass is 733 g/mol. The number of fused-ring (bicyclic) bond motifs is 8. The Balaban J connectivity index is 2.05. The van der Waals surface area contributed by atoms with Gasteiger partial charge in [-0.25, -0.2) is 0 Å². The summed E-state index contributed by atoms with van der Waals surface area (Å²) in [5.74, 6) is -1.90. The van der Waals surface area contributed by atoms with E-state index in [2.05, 4.69) is 13.2 Å². The van der Waals surface area contributed by atoms with Crippen molar-refractivity contribution in [3.8, 4) is 0 Å². The van der Waals surface area contributed by atoms with Crippen molar-refractivity contribution < 1.29 is 25.5 Å². The first-order chi connectivity index (χ1) is 21.8. The van der Waals surface area contributed by atoms with Gasteiger partial charge in [-0.2, -0.15) is 0 Å². The summed E-state index contributed by atoms with van der Waals surface area (Å²) in [6.07, 6.45) is 3.48. The second-order valence-electron chi connectivity index (χ2n) is 11.5. The number of halogens is 2. The van der Waals surface area contributed by atoms with Gasteiger partial charge in [-0.15, -0.1) is 0 Å². The summed E-state index contributed by atoms with van der Waals surface area (Å²) in [7, 11) is 1.89. The summed E-state index contributed by atoms with van der Waals surface area (Å²) in [4.78, 5) is 33.1. The average molecular weight is 732 g/mol. The number of carboxylic acid groups (broad SMARTS) is 2. The molecule has 0 aliphatic carbocycles. The number of hydrogen-bond acceptors (Lipinski definition) is 4. The van der Waals surface area contributed by atoms with Crippen LogP contribution in [0.15, 0.2) is 43.5 Å². The number of nitrogens with zero attached hydrogens (tertiary/aromatic N) is 4. The van der Waals surface area contributed by atoms with E-state index >= 15 is 5.73 Å². The first-order valence-electron chi connectivity index (χ1n) is 14.8. The fourth-order valence-corrected chi connectivity index (χ4v) is 8.67. The van der Waals surface area contributed by atoms with Gasteiger partial charge < -0.3 is 5.11 Å². The molecule has 11 heteroatoms. The molecular weight excluding hydrogens is 697 g/mol. The molecule has 0 spiro atoms. The number of hydrogen-bond donors (Lipinski definition) is 2. The van der Waals surface area contributed by atoms with E-state index < -0.39 is 33.1 Å². The maximum atomic E-state index is 15.1. The molecule has 0 fully saturated rings. The van der Waals surface area contributed by atoms with Gasteiger partial charge >= 0.3 is 265 Å². The van der Waals surface area contributed by atoms with Gasteiger partial charge in [-0.3, -0.25) is 4.79 Å². The third-order valence-electron chi connectivity index (χ3n) is 8.96. The summed E-state index contributed by atoms with van der Waals surface area (Å²) in [5, 5.41) is 19.1. The van der Waals surface area contributed by atoms with Crippen molar-refractivity contribution >= 4 is 83.6 Å². The Bertz CT molecular complexity index is 2090. The molecule has 2 N–H and O–H groups in total. The Morgan fingerprint density at radius 2 is 1.35 bits per heavy atom. The van der Waals surface area contributed by atoms with E-state index in [9.17, 15) is 19.8 Å². The van der Waals surface area contributed by atoms with Gasteiger partial charge in [0.25, 0.3) is 0 Å². The zero-order valence-electron chi connectivity index (χ0n) is 26.5. The third kappa shape index (κ3) is 5.74. The SMILES string of the molecule is C=CC1=C(C)c2cc3c(C)c(CCC(=O)O)c(cc4nc(cc5c(C=C)c(C)c(cc1n2)[n]5[Sn+]([F])[F])C(C)=C4CCC(=O)O)n3C. The predicted molar refractivity (Wildman–Crippen MR) is 180 cm³/mol. The summed E-state index contributed by atoms with van der Waals surface area (Å²) < 4.78 is 33.4. The normalized spacial score (nSPS) is 12.9. The Kier molecular flexibility index (Phi) is 9.21.